The van der Waals surface area contributed by atoms with Gasteiger partial charge < -0.3 is 0 Å². The highest BCUT2D eigenvalue weighted by atomic mass is 15.1. The summed E-state index contributed by atoms with van der Waals surface area (Å²) >= 11 is 0. The van der Waals surface area contributed by atoms with Gasteiger partial charge in [-0.15, -0.1) is 0 Å². The number of azo groups is 1. The Kier molecular flexibility index (Phi) is 4.09. The molecule has 0 fully saturated rings. The zero-order chi connectivity index (χ0) is 9.52. The topological polar surface area (TPSA) is 37.6 Å². The van der Waals surface area contributed by atoms with Gasteiger partial charge in [-0.1, -0.05) is 13.0 Å². The van der Waals surface area contributed by atoms with Gasteiger partial charge in [0.25, 0.3) is 0 Å². The highest BCUT2D eigenvalue weighted by molar-refractivity contribution is 5.07. The Morgan fingerprint density at radius 3 is 2.92 bits per heavy atom. The predicted molar refractivity (Wildman–Crippen MR) is 52.7 cm³/mol. The van der Waals surface area contributed by atoms with Crippen molar-refractivity contribution in [2.45, 2.75) is 26.3 Å². The van der Waals surface area contributed by atoms with Crippen LogP contribution in [0.25, 0.3) is 0 Å². The van der Waals surface area contributed by atoms with Crippen molar-refractivity contribution >= 4 is 0 Å². The third kappa shape index (κ3) is 3.32. The molecule has 0 amide bonds. The maximum atomic E-state index is 4.20. The molecular formula is C10H15N3. The molecule has 1 heterocycles. The monoisotopic (exact) mass is 177 g/mol. The van der Waals surface area contributed by atoms with Gasteiger partial charge in [-0.25, -0.2) is 0 Å². The van der Waals surface area contributed by atoms with Crippen LogP contribution < -0.4 is 0 Å². The lowest BCUT2D eigenvalue weighted by Gasteiger charge is -2.02. The SMILES string of the molecule is CCCN=NC(C)c1ccccn1. The highest BCUT2D eigenvalue weighted by Crippen LogP contribution is 2.12. The summed E-state index contributed by atoms with van der Waals surface area (Å²) in [5, 5.41) is 8.20. The van der Waals surface area contributed by atoms with Crippen LogP contribution in [-0.2, 0) is 0 Å². The van der Waals surface area contributed by atoms with Crippen LogP contribution in [0.2, 0.25) is 0 Å². The molecule has 1 aromatic heterocycles. The summed E-state index contributed by atoms with van der Waals surface area (Å²) in [6.07, 6.45) is 2.82. The average molecular weight is 177 g/mol. The number of aromatic nitrogens is 1. The molecule has 0 aliphatic heterocycles. The smallest absolute Gasteiger partial charge is 0.110 e. The first-order valence-corrected chi connectivity index (χ1v) is 4.62. The molecule has 0 aliphatic rings. The van der Waals surface area contributed by atoms with Gasteiger partial charge in [-0.2, -0.15) is 10.2 Å². The number of hydrogen-bond acceptors (Lipinski definition) is 3. The van der Waals surface area contributed by atoms with Crippen molar-refractivity contribution in [1.82, 2.24) is 4.98 Å². The molecule has 0 N–H and O–H groups in total. The van der Waals surface area contributed by atoms with Gasteiger partial charge >= 0.3 is 0 Å². The number of rotatable bonds is 4. The Hall–Kier alpha value is -1.25. The van der Waals surface area contributed by atoms with Crippen LogP contribution in [0.3, 0.4) is 0 Å². The summed E-state index contributed by atoms with van der Waals surface area (Å²) in [5.41, 5.74) is 0.974. The first-order valence-electron chi connectivity index (χ1n) is 4.62. The predicted octanol–water partition coefficient (Wildman–Crippen LogP) is 3.00. The average Bonchev–Trinajstić information content (AvgIpc) is 2.19. The van der Waals surface area contributed by atoms with E-state index in [9.17, 15) is 0 Å². The van der Waals surface area contributed by atoms with E-state index in [2.05, 4.69) is 22.1 Å². The maximum absolute atomic E-state index is 4.20. The third-order valence-electron chi connectivity index (χ3n) is 1.69. The zero-order valence-corrected chi connectivity index (χ0v) is 8.14. The van der Waals surface area contributed by atoms with Crippen molar-refractivity contribution in [3.05, 3.63) is 30.1 Å². The largest absolute Gasteiger partial charge is 0.259 e. The molecule has 70 valence electrons. The van der Waals surface area contributed by atoms with Gasteiger partial charge in [0.1, 0.15) is 6.04 Å². The Balaban J connectivity index is 2.53. The number of nitrogens with zero attached hydrogens (tertiary/aromatic N) is 3. The van der Waals surface area contributed by atoms with Crippen molar-refractivity contribution < 1.29 is 0 Å². The molecular weight excluding hydrogens is 162 g/mol. The zero-order valence-electron chi connectivity index (χ0n) is 8.14. The van der Waals surface area contributed by atoms with Gasteiger partial charge in [0, 0.05) is 6.20 Å². The second-order valence-electron chi connectivity index (χ2n) is 2.91. The van der Waals surface area contributed by atoms with Gasteiger partial charge in [0.15, 0.2) is 0 Å². The second-order valence-corrected chi connectivity index (χ2v) is 2.91. The minimum atomic E-state index is 0.0766. The van der Waals surface area contributed by atoms with Crippen LogP contribution in [0.4, 0.5) is 0 Å². The molecule has 1 unspecified atom stereocenters. The fourth-order valence-electron chi connectivity index (χ4n) is 0.962. The number of hydrogen-bond donors (Lipinski definition) is 0. The summed E-state index contributed by atoms with van der Waals surface area (Å²) in [6, 6.07) is 5.91. The lowest BCUT2D eigenvalue weighted by molar-refractivity contribution is 0.695. The first kappa shape index (κ1) is 9.84. The molecule has 0 aliphatic carbocycles. The summed E-state index contributed by atoms with van der Waals surface area (Å²) in [4.78, 5) is 4.20. The normalized spacial score (nSPS) is 13.4. The van der Waals surface area contributed by atoms with Crippen LogP contribution >= 0.6 is 0 Å². The molecule has 0 radical (unpaired) electrons. The molecule has 0 bridgehead atoms. The molecule has 0 saturated carbocycles. The molecule has 3 nitrogen and oxygen atoms in total. The Morgan fingerprint density at radius 2 is 2.31 bits per heavy atom. The molecule has 3 heteroatoms. The van der Waals surface area contributed by atoms with E-state index in [-0.39, 0.29) is 6.04 Å². The van der Waals surface area contributed by atoms with Gasteiger partial charge in [-0.3, -0.25) is 4.98 Å². The van der Waals surface area contributed by atoms with E-state index in [1.54, 1.807) is 6.20 Å². The van der Waals surface area contributed by atoms with Crippen LogP contribution in [0.5, 0.6) is 0 Å². The van der Waals surface area contributed by atoms with Crippen molar-refractivity contribution in [3.8, 4) is 0 Å². The van der Waals surface area contributed by atoms with Crippen LogP contribution in [0, 0.1) is 0 Å². The summed E-state index contributed by atoms with van der Waals surface area (Å²) in [6.45, 7) is 4.89. The minimum absolute atomic E-state index is 0.0766. The van der Waals surface area contributed by atoms with Crippen LogP contribution in [0.1, 0.15) is 32.0 Å². The van der Waals surface area contributed by atoms with Crippen molar-refractivity contribution in [3.63, 3.8) is 0 Å². The fourth-order valence-corrected chi connectivity index (χ4v) is 0.962. The van der Waals surface area contributed by atoms with E-state index in [0.29, 0.717) is 0 Å². The van der Waals surface area contributed by atoms with Crippen LogP contribution in [-0.4, -0.2) is 11.5 Å². The molecule has 1 aromatic rings. The van der Waals surface area contributed by atoms with E-state index >= 15 is 0 Å². The van der Waals surface area contributed by atoms with Gasteiger partial charge in [-0.05, 0) is 25.5 Å². The maximum Gasteiger partial charge on any atom is 0.110 e. The summed E-state index contributed by atoms with van der Waals surface area (Å²) in [5.74, 6) is 0. The Morgan fingerprint density at radius 1 is 1.46 bits per heavy atom. The lowest BCUT2D eigenvalue weighted by Crippen LogP contribution is -1.92. The summed E-state index contributed by atoms with van der Waals surface area (Å²) < 4.78 is 0. The van der Waals surface area contributed by atoms with Gasteiger partial charge in [0.2, 0.25) is 0 Å². The molecule has 0 spiro atoms. The fraction of sp³-hybridized carbons (Fsp3) is 0.500. The van der Waals surface area contributed by atoms with E-state index in [1.807, 2.05) is 25.1 Å². The van der Waals surface area contributed by atoms with Crippen molar-refractivity contribution in [1.29, 1.82) is 0 Å². The Labute approximate surface area is 78.9 Å². The van der Waals surface area contributed by atoms with Crippen LogP contribution in [0.15, 0.2) is 34.6 Å². The second kappa shape index (κ2) is 5.41. The van der Waals surface area contributed by atoms with E-state index in [1.165, 1.54) is 0 Å². The first-order chi connectivity index (χ1) is 6.34. The third-order valence-corrected chi connectivity index (χ3v) is 1.69. The van der Waals surface area contributed by atoms with Crippen molar-refractivity contribution in [2.24, 2.45) is 10.2 Å². The van der Waals surface area contributed by atoms with Gasteiger partial charge in [0.05, 0.1) is 12.2 Å². The lowest BCUT2D eigenvalue weighted by atomic mass is 10.2. The minimum Gasteiger partial charge on any atom is -0.259 e. The molecule has 0 aromatic carbocycles. The molecule has 0 saturated heterocycles. The quantitative estimate of drug-likeness (QED) is 0.651. The molecule has 1 rings (SSSR count). The van der Waals surface area contributed by atoms with E-state index < -0.39 is 0 Å². The van der Waals surface area contributed by atoms with E-state index in [0.717, 1.165) is 18.7 Å². The summed E-state index contributed by atoms with van der Waals surface area (Å²) in [7, 11) is 0. The Bertz CT molecular complexity index is 256. The standard InChI is InChI=1S/C10H15N3/c1-3-7-12-13-9(2)10-6-4-5-8-11-10/h4-6,8-9H,3,7H2,1-2H3. The molecule has 13 heavy (non-hydrogen) atoms. The molecule has 1 atom stereocenters. The van der Waals surface area contributed by atoms with E-state index in [4.69, 9.17) is 0 Å². The highest BCUT2D eigenvalue weighted by Gasteiger charge is 2.02. The number of pyridine rings is 1. The van der Waals surface area contributed by atoms with Crippen molar-refractivity contribution in [2.75, 3.05) is 6.54 Å².